The van der Waals surface area contributed by atoms with Gasteiger partial charge in [-0.05, 0) is 32.8 Å². The summed E-state index contributed by atoms with van der Waals surface area (Å²) in [4.78, 5) is 17.1. The van der Waals surface area contributed by atoms with Gasteiger partial charge in [-0.2, -0.15) is 14.6 Å². The summed E-state index contributed by atoms with van der Waals surface area (Å²) in [7, 11) is 1.50. The van der Waals surface area contributed by atoms with Crippen LogP contribution in [0.15, 0.2) is 15.7 Å². The number of pyridine rings is 1. The van der Waals surface area contributed by atoms with Gasteiger partial charge in [0.15, 0.2) is 0 Å². The molecule has 3 aromatic heterocycles. The van der Waals surface area contributed by atoms with Crippen molar-refractivity contribution in [3.05, 3.63) is 40.2 Å². The van der Waals surface area contributed by atoms with Gasteiger partial charge < -0.3 is 4.52 Å². The summed E-state index contributed by atoms with van der Waals surface area (Å²) in [5.74, 6) is -0.589. The van der Waals surface area contributed by atoms with Gasteiger partial charge in [-0.1, -0.05) is 5.16 Å². The average Bonchev–Trinajstić information content (AvgIpc) is 3.36. The van der Waals surface area contributed by atoms with E-state index in [0.29, 0.717) is 34.0 Å². The minimum atomic E-state index is -0.516. The van der Waals surface area contributed by atoms with E-state index in [2.05, 4.69) is 25.8 Å². The second-order valence-corrected chi connectivity index (χ2v) is 6.43. The molecule has 1 amide bonds. The number of nitrogens with one attached hydrogen (secondary N) is 1. The number of nitrogens with zero attached hydrogens (tertiary/aromatic N) is 5. The Morgan fingerprint density at radius 3 is 2.85 bits per heavy atom. The molecule has 1 N–H and O–H groups in total. The Bertz CT molecular complexity index is 1050. The molecule has 0 spiro atoms. The predicted molar refractivity (Wildman–Crippen MR) is 91.5 cm³/mol. The molecule has 3 heterocycles. The molecule has 1 saturated carbocycles. The van der Waals surface area contributed by atoms with E-state index in [0.717, 1.165) is 23.2 Å². The van der Waals surface area contributed by atoms with Crippen LogP contribution in [0.2, 0.25) is 0 Å². The minimum Gasteiger partial charge on any atom is -0.336 e. The molecule has 0 radical (unpaired) electrons. The Labute approximate surface area is 148 Å². The number of hydrogen-bond acceptors (Lipinski definition) is 6. The molecule has 1 aliphatic carbocycles. The number of aromatic nitrogens is 4. The minimum absolute atomic E-state index is 0.229. The molecule has 0 aliphatic heterocycles. The van der Waals surface area contributed by atoms with Gasteiger partial charge in [0.1, 0.15) is 0 Å². The molecule has 0 unspecified atom stereocenters. The second-order valence-electron chi connectivity index (χ2n) is 6.43. The number of amides is 1. The smallest absolute Gasteiger partial charge is 0.272 e. The first-order valence-corrected chi connectivity index (χ1v) is 8.25. The zero-order chi connectivity index (χ0) is 18.4. The van der Waals surface area contributed by atoms with E-state index in [1.165, 1.54) is 13.3 Å². The third-order valence-electron chi connectivity index (χ3n) is 4.43. The predicted octanol–water partition coefficient (Wildman–Crippen LogP) is 2.35. The molecule has 9 heteroatoms. The van der Waals surface area contributed by atoms with Crippen molar-refractivity contribution < 1.29 is 13.7 Å². The first-order chi connectivity index (χ1) is 12.5. The highest BCUT2D eigenvalue weighted by Gasteiger charge is 2.28. The molecule has 1 fully saturated rings. The lowest BCUT2D eigenvalue weighted by atomic mass is 10.1. The lowest BCUT2D eigenvalue weighted by Crippen LogP contribution is -2.18. The van der Waals surface area contributed by atoms with Crippen LogP contribution >= 0.6 is 0 Å². The number of rotatable bonds is 4. The van der Waals surface area contributed by atoms with Gasteiger partial charge in [0.2, 0.25) is 5.95 Å². The SMILES string of the molecule is Cc1nn(C)c(F)c1/C=N/NC(=O)c1cc(C2CC2)nc2onc(C)c12. The van der Waals surface area contributed by atoms with Crippen molar-refractivity contribution in [2.75, 3.05) is 0 Å². The number of fused-ring (bicyclic) bond motifs is 1. The lowest BCUT2D eigenvalue weighted by Gasteiger charge is -2.04. The summed E-state index contributed by atoms with van der Waals surface area (Å²) < 4.78 is 20.3. The summed E-state index contributed by atoms with van der Waals surface area (Å²) in [5, 5.41) is 12.3. The van der Waals surface area contributed by atoms with Crippen molar-refractivity contribution in [2.24, 2.45) is 12.1 Å². The largest absolute Gasteiger partial charge is 0.336 e. The quantitative estimate of drug-likeness (QED) is 0.571. The van der Waals surface area contributed by atoms with Crippen molar-refractivity contribution in [3.63, 3.8) is 0 Å². The Morgan fingerprint density at radius 2 is 2.19 bits per heavy atom. The van der Waals surface area contributed by atoms with Gasteiger partial charge in [0.05, 0.1) is 34.1 Å². The summed E-state index contributed by atoms with van der Waals surface area (Å²) in [6.45, 7) is 3.42. The number of hydrogen-bond donors (Lipinski definition) is 1. The van der Waals surface area contributed by atoms with Crippen LogP contribution in [0.4, 0.5) is 4.39 Å². The van der Waals surface area contributed by atoms with Crippen molar-refractivity contribution in [2.45, 2.75) is 32.6 Å². The van der Waals surface area contributed by atoms with Crippen LogP contribution in [0.25, 0.3) is 11.1 Å². The van der Waals surface area contributed by atoms with Gasteiger partial charge in [0, 0.05) is 18.7 Å². The molecular formula is C17H17FN6O2. The van der Waals surface area contributed by atoms with Gasteiger partial charge >= 0.3 is 0 Å². The van der Waals surface area contributed by atoms with E-state index in [1.807, 2.05) is 0 Å². The summed E-state index contributed by atoms with van der Waals surface area (Å²) >= 11 is 0. The molecule has 134 valence electrons. The van der Waals surface area contributed by atoms with Crippen LogP contribution in [-0.2, 0) is 7.05 Å². The van der Waals surface area contributed by atoms with Crippen molar-refractivity contribution in [1.29, 1.82) is 0 Å². The maximum Gasteiger partial charge on any atom is 0.272 e. The van der Waals surface area contributed by atoms with Crippen molar-refractivity contribution in [3.8, 4) is 0 Å². The zero-order valence-electron chi connectivity index (χ0n) is 14.6. The Kier molecular flexibility index (Phi) is 3.78. The molecule has 0 atom stereocenters. The highest BCUT2D eigenvalue weighted by atomic mass is 19.1. The summed E-state index contributed by atoms with van der Waals surface area (Å²) in [6, 6.07) is 1.75. The average molecular weight is 356 g/mol. The van der Waals surface area contributed by atoms with Crippen LogP contribution in [0.5, 0.6) is 0 Å². The number of halogens is 1. The Morgan fingerprint density at radius 1 is 1.42 bits per heavy atom. The van der Waals surface area contributed by atoms with Gasteiger partial charge in [-0.25, -0.2) is 15.1 Å². The first kappa shape index (κ1) is 16.4. The van der Waals surface area contributed by atoms with Gasteiger partial charge in [-0.3, -0.25) is 4.79 Å². The number of carbonyl (C=O) groups excluding carboxylic acids is 1. The number of carbonyl (C=O) groups is 1. The molecule has 0 bridgehead atoms. The Balaban J connectivity index is 1.63. The molecule has 1 aliphatic rings. The molecule has 8 nitrogen and oxygen atoms in total. The fourth-order valence-electron chi connectivity index (χ4n) is 2.89. The fraction of sp³-hybridized carbons (Fsp3) is 0.353. The van der Waals surface area contributed by atoms with Crippen LogP contribution in [-0.4, -0.2) is 32.0 Å². The highest BCUT2D eigenvalue weighted by molar-refractivity contribution is 6.06. The van der Waals surface area contributed by atoms with E-state index in [9.17, 15) is 9.18 Å². The maximum atomic E-state index is 13.9. The lowest BCUT2D eigenvalue weighted by molar-refractivity contribution is 0.0956. The van der Waals surface area contributed by atoms with E-state index in [4.69, 9.17) is 4.52 Å². The molecular weight excluding hydrogens is 339 g/mol. The van der Waals surface area contributed by atoms with E-state index < -0.39 is 11.9 Å². The number of aryl methyl sites for hydroxylation is 3. The maximum absolute atomic E-state index is 13.9. The van der Waals surface area contributed by atoms with E-state index in [-0.39, 0.29) is 5.56 Å². The Hall–Kier alpha value is -3.10. The molecule has 3 aromatic rings. The normalized spacial score (nSPS) is 14.5. The van der Waals surface area contributed by atoms with Gasteiger partial charge in [-0.15, -0.1) is 0 Å². The van der Waals surface area contributed by atoms with Crippen molar-refractivity contribution >= 4 is 23.2 Å². The van der Waals surface area contributed by atoms with Crippen LogP contribution in [0.1, 0.15) is 51.8 Å². The summed E-state index contributed by atoms with van der Waals surface area (Å²) in [6.07, 6.45) is 3.34. The second kappa shape index (κ2) is 6.01. The number of hydrazone groups is 1. The standard InChI is InChI=1S/C17H17FN6O2/c1-8-12(15(18)24(3)22-8)7-19-21-16(25)11-6-13(10-4-5-10)20-17-14(11)9(2)23-26-17/h6-7,10H,4-5H2,1-3H3,(H,21,25)/b19-7+. The monoisotopic (exact) mass is 356 g/mol. The van der Waals surface area contributed by atoms with E-state index in [1.54, 1.807) is 19.9 Å². The third-order valence-corrected chi connectivity index (χ3v) is 4.43. The molecule has 4 rings (SSSR count). The van der Waals surface area contributed by atoms with E-state index >= 15 is 0 Å². The van der Waals surface area contributed by atoms with Crippen LogP contribution in [0.3, 0.4) is 0 Å². The van der Waals surface area contributed by atoms with Crippen LogP contribution < -0.4 is 5.43 Å². The van der Waals surface area contributed by atoms with Gasteiger partial charge in [0.25, 0.3) is 11.6 Å². The summed E-state index contributed by atoms with van der Waals surface area (Å²) in [5.41, 5.74) is 5.29. The molecule has 26 heavy (non-hydrogen) atoms. The first-order valence-electron chi connectivity index (χ1n) is 8.25. The molecule has 0 saturated heterocycles. The van der Waals surface area contributed by atoms with Crippen molar-refractivity contribution in [1.82, 2.24) is 25.3 Å². The highest BCUT2D eigenvalue weighted by Crippen LogP contribution is 2.40. The third kappa shape index (κ3) is 2.75. The zero-order valence-corrected chi connectivity index (χ0v) is 14.6. The molecule has 0 aromatic carbocycles. The van der Waals surface area contributed by atoms with Crippen LogP contribution in [0, 0.1) is 19.8 Å². The topological polar surface area (TPSA) is 98.2 Å². The fourth-order valence-corrected chi connectivity index (χ4v) is 2.89.